The topological polar surface area (TPSA) is 46.6 Å². The quantitative estimate of drug-likeness (QED) is 0.401. The summed E-state index contributed by atoms with van der Waals surface area (Å²) in [4.78, 5) is 26.3. The summed E-state index contributed by atoms with van der Waals surface area (Å²) in [5.41, 5.74) is 0. The van der Waals surface area contributed by atoms with Crippen molar-refractivity contribution in [2.45, 2.75) is 30.6 Å². The fraction of sp³-hybridized carbons (Fsp3) is 0.500. The van der Waals surface area contributed by atoms with Gasteiger partial charge in [0.15, 0.2) is 6.61 Å². The Morgan fingerprint density at radius 3 is 2.38 bits per heavy atom. The normalized spacial score (nSPS) is 15.0. The van der Waals surface area contributed by atoms with Gasteiger partial charge < -0.3 is 9.64 Å². The van der Waals surface area contributed by atoms with Gasteiger partial charge in [0.1, 0.15) is 0 Å². The molecular formula is C16H18Cl3NO3S. The Labute approximate surface area is 160 Å². The van der Waals surface area contributed by atoms with Crippen molar-refractivity contribution < 1.29 is 14.3 Å². The van der Waals surface area contributed by atoms with E-state index in [1.165, 1.54) is 11.8 Å². The first-order valence-electron chi connectivity index (χ1n) is 7.68. The molecule has 132 valence electrons. The van der Waals surface area contributed by atoms with Crippen LogP contribution in [0.3, 0.4) is 0 Å². The first-order valence-corrected chi connectivity index (χ1v) is 9.80. The number of benzene rings is 1. The molecule has 1 aliphatic heterocycles. The molecule has 1 aliphatic rings. The van der Waals surface area contributed by atoms with E-state index in [-0.39, 0.29) is 23.3 Å². The molecule has 8 heteroatoms. The van der Waals surface area contributed by atoms with Gasteiger partial charge in [-0.05, 0) is 25.0 Å². The maximum atomic E-state index is 12.1. The number of carbonyl (C=O) groups excluding carboxylic acids is 2. The third-order valence-electron chi connectivity index (χ3n) is 3.66. The molecule has 1 aromatic rings. The van der Waals surface area contributed by atoms with Crippen LogP contribution < -0.4 is 0 Å². The Balaban J connectivity index is 1.77. The van der Waals surface area contributed by atoms with Crippen LogP contribution in [0.1, 0.15) is 25.7 Å². The number of ether oxygens (including phenoxy) is 1. The molecule has 1 fully saturated rings. The summed E-state index contributed by atoms with van der Waals surface area (Å²) in [5, 5.41) is 0.923. The van der Waals surface area contributed by atoms with Gasteiger partial charge >= 0.3 is 5.97 Å². The van der Waals surface area contributed by atoms with Crippen molar-refractivity contribution in [3.63, 3.8) is 0 Å². The highest BCUT2D eigenvalue weighted by atomic mass is 35.5. The lowest BCUT2D eigenvalue weighted by atomic mass is 10.2. The first-order chi connectivity index (χ1) is 11.5. The molecule has 0 spiro atoms. The Morgan fingerprint density at radius 1 is 1.04 bits per heavy atom. The van der Waals surface area contributed by atoms with Crippen LogP contribution in [0.4, 0.5) is 0 Å². The van der Waals surface area contributed by atoms with Gasteiger partial charge in [0, 0.05) is 18.0 Å². The third kappa shape index (κ3) is 5.73. The van der Waals surface area contributed by atoms with Gasteiger partial charge in [-0.1, -0.05) is 47.6 Å². The van der Waals surface area contributed by atoms with Crippen LogP contribution in [-0.2, 0) is 14.3 Å². The van der Waals surface area contributed by atoms with E-state index in [9.17, 15) is 9.59 Å². The van der Waals surface area contributed by atoms with Crippen LogP contribution in [0.15, 0.2) is 17.0 Å². The average molecular weight is 411 g/mol. The molecule has 1 heterocycles. The second kappa shape index (κ2) is 9.76. The molecule has 0 unspecified atom stereocenters. The number of carbonyl (C=O) groups is 2. The zero-order valence-electron chi connectivity index (χ0n) is 13.0. The van der Waals surface area contributed by atoms with Crippen molar-refractivity contribution in [1.29, 1.82) is 0 Å². The van der Waals surface area contributed by atoms with E-state index in [0.29, 0.717) is 14.9 Å². The summed E-state index contributed by atoms with van der Waals surface area (Å²) >= 11 is 19.1. The molecule has 1 saturated heterocycles. The molecule has 4 nitrogen and oxygen atoms in total. The number of hydrogen-bond acceptors (Lipinski definition) is 4. The summed E-state index contributed by atoms with van der Waals surface area (Å²) in [5.74, 6) is -0.557. The van der Waals surface area contributed by atoms with Gasteiger partial charge in [-0.15, -0.1) is 11.8 Å². The molecule has 1 amide bonds. The summed E-state index contributed by atoms with van der Waals surface area (Å²) < 4.78 is 5.06. The number of rotatable bonds is 5. The van der Waals surface area contributed by atoms with Gasteiger partial charge in [-0.25, -0.2) is 0 Å². The number of amides is 1. The molecule has 1 aromatic carbocycles. The van der Waals surface area contributed by atoms with Crippen molar-refractivity contribution in [2.24, 2.45) is 0 Å². The lowest BCUT2D eigenvalue weighted by Crippen LogP contribution is -2.35. The van der Waals surface area contributed by atoms with Crippen molar-refractivity contribution in [3.8, 4) is 0 Å². The Bertz CT molecular complexity index is 604. The Kier molecular flexibility index (Phi) is 8.01. The number of hydrogen-bond donors (Lipinski definition) is 0. The smallest absolute Gasteiger partial charge is 0.316 e. The van der Waals surface area contributed by atoms with Crippen LogP contribution in [0, 0.1) is 0 Å². The maximum absolute atomic E-state index is 12.1. The third-order valence-corrected chi connectivity index (χ3v) is 6.10. The molecular weight excluding hydrogens is 393 g/mol. The largest absolute Gasteiger partial charge is 0.455 e. The number of nitrogens with zero attached hydrogens (tertiary/aromatic N) is 1. The fourth-order valence-electron chi connectivity index (χ4n) is 2.35. The van der Waals surface area contributed by atoms with Crippen molar-refractivity contribution in [3.05, 3.63) is 27.2 Å². The minimum Gasteiger partial charge on any atom is -0.455 e. The summed E-state index contributed by atoms with van der Waals surface area (Å²) in [7, 11) is 0. The van der Waals surface area contributed by atoms with Crippen LogP contribution in [0.5, 0.6) is 0 Å². The number of halogens is 3. The standard InChI is InChI=1S/C16H18Cl3NO3S/c17-11-5-6-12(16(19)15(11)18)24-10-14(22)23-9-13(21)20-7-3-1-2-4-8-20/h5-6H,1-4,7-10H2. The minimum atomic E-state index is -0.467. The summed E-state index contributed by atoms with van der Waals surface area (Å²) in [6, 6.07) is 3.31. The predicted molar refractivity (Wildman–Crippen MR) is 98.2 cm³/mol. The van der Waals surface area contributed by atoms with E-state index in [1.807, 2.05) is 0 Å². The summed E-state index contributed by atoms with van der Waals surface area (Å²) in [6.45, 7) is 1.27. The second-order valence-corrected chi connectivity index (χ2v) is 7.60. The van der Waals surface area contributed by atoms with Gasteiger partial charge in [0.2, 0.25) is 0 Å². The zero-order valence-corrected chi connectivity index (χ0v) is 16.1. The van der Waals surface area contributed by atoms with Gasteiger partial charge in [-0.3, -0.25) is 9.59 Å². The lowest BCUT2D eigenvalue weighted by Gasteiger charge is -2.19. The highest BCUT2D eigenvalue weighted by molar-refractivity contribution is 8.00. The van der Waals surface area contributed by atoms with E-state index in [0.717, 1.165) is 38.8 Å². The average Bonchev–Trinajstić information content (AvgIpc) is 2.86. The molecule has 0 saturated carbocycles. The van der Waals surface area contributed by atoms with Gasteiger partial charge in [0.25, 0.3) is 5.91 Å². The van der Waals surface area contributed by atoms with Crippen molar-refractivity contribution >= 4 is 58.4 Å². The number of likely N-dealkylation sites (tertiary alicyclic amines) is 1. The molecule has 0 aliphatic carbocycles. The van der Waals surface area contributed by atoms with E-state index in [2.05, 4.69) is 0 Å². The molecule has 0 atom stereocenters. The molecule has 0 N–H and O–H groups in total. The minimum absolute atomic E-state index is 0.0466. The van der Waals surface area contributed by atoms with E-state index in [4.69, 9.17) is 39.5 Å². The highest BCUT2D eigenvalue weighted by Crippen LogP contribution is 2.37. The Morgan fingerprint density at radius 2 is 1.71 bits per heavy atom. The van der Waals surface area contributed by atoms with Crippen LogP contribution >= 0.6 is 46.6 Å². The molecule has 24 heavy (non-hydrogen) atoms. The van der Waals surface area contributed by atoms with Crippen LogP contribution in [-0.4, -0.2) is 42.2 Å². The first kappa shape index (κ1) is 19.7. The van der Waals surface area contributed by atoms with Crippen LogP contribution in [0.25, 0.3) is 0 Å². The summed E-state index contributed by atoms with van der Waals surface area (Å²) in [6.07, 6.45) is 4.30. The monoisotopic (exact) mass is 409 g/mol. The molecule has 0 radical (unpaired) electrons. The number of esters is 1. The molecule has 0 bridgehead atoms. The molecule has 0 aromatic heterocycles. The number of thioether (sulfide) groups is 1. The van der Waals surface area contributed by atoms with Crippen molar-refractivity contribution in [1.82, 2.24) is 4.90 Å². The van der Waals surface area contributed by atoms with E-state index < -0.39 is 5.97 Å². The maximum Gasteiger partial charge on any atom is 0.316 e. The van der Waals surface area contributed by atoms with Gasteiger partial charge in [-0.2, -0.15) is 0 Å². The highest BCUT2D eigenvalue weighted by Gasteiger charge is 2.17. The van der Waals surface area contributed by atoms with E-state index >= 15 is 0 Å². The van der Waals surface area contributed by atoms with Crippen molar-refractivity contribution in [2.75, 3.05) is 25.4 Å². The van der Waals surface area contributed by atoms with Crippen LogP contribution in [0.2, 0.25) is 15.1 Å². The Hall–Kier alpha value is -0.620. The lowest BCUT2D eigenvalue weighted by molar-refractivity contribution is -0.149. The SMILES string of the molecule is O=C(CSc1ccc(Cl)c(Cl)c1Cl)OCC(=O)N1CCCCCC1. The fourth-order valence-corrected chi connectivity index (χ4v) is 3.86. The predicted octanol–water partition coefficient (Wildman–Crippen LogP) is 4.68. The second-order valence-electron chi connectivity index (χ2n) is 5.42. The van der Waals surface area contributed by atoms with Gasteiger partial charge in [0.05, 0.1) is 20.8 Å². The van der Waals surface area contributed by atoms with E-state index in [1.54, 1.807) is 17.0 Å². The molecule has 2 rings (SSSR count). The zero-order chi connectivity index (χ0) is 17.5.